The second kappa shape index (κ2) is 12.0. The summed E-state index contributed by atoms with van der Waals surface area (Å²) in [6, 6.07) is 70.1. The lowest BCUT2D eigenvalue weighted by atomic mass is 9.82. The summed E-state index contributed by atoms with van der Waals surface area (Å²) >= 11 is 0. The highest BCUT2D eigenvalue weighted by Gasteiger charge is 2.21. The number of rotatable bonds is 5. The summed E-state index contributed by atoms with van der Waals surface area (Å²) in [5, 5.41) is 7.23. The van der Waals surface area contributed by atoms with Crippen LogP contribution in [0.4, 0.5) is 0 Å². The molecule has 1 aromatic heterocycles. The molecule has 0 saturated carbocycles. The maximum absolute atomic E-state index is 6.20. The van der Waals surface area contributed by atoms with Gasteiger partial charge < -0.3 is 4.42 Å². The Morgan fingerprint density at radius 2 is 0.667 bits per heavy atom. The van der Waals surface area contributed by atoms with Gasteiger partial charge in [-0.05, 0) is 101 Å². The quantitative estimate of drug-likeness (QED) is 0.169. The molecule has 0 aliphatic heterocycles. The van der Waals surface area contributed by atoms with E-state index in [4.69, 9.17) is 4.42 Å². The third-order valence-electron chi connectivity index (χ3n) is 10.3. The molecule has 0 radical (unpaired) electrons. The minimum Gasteiger partial charge on any atom is -0.456 e. The molecule has 1 heterocycles. The molecule has 0 fully saturated rings. The van der Waals surface area contributed by atoms with Crippen LogP contribution in [-0.2, 0) is 0 Å². The first-order chi connectivity index (χ1) is 25.3. The summed E-state index contributed by atoms with van der Waals surface area (Å²) in [7, 11) is 0. The van der Waals surface area contributed by atoms with Crippen molar-refractivity contribution in [3.63, 3.8) is 0 Å². The van der Waals surface area contributed by atoms with Crippen LogP contribution in [-0.4, -0.2) is 0 Å². The van der Waals surface area contributed by atoms with Gasteiger partial charge in [0.2, 0.25) is 0 Å². The predicted molar refractivity (Wildman–Crippen MR) is 216 cm³/mol. The topological polar surface area (TPSA) is 13.1 Å². The number of furan rings is 1. The first-order valence-electron chi connectivity index (χ1n) is 17.5. The molecule has 1 nitrogen and oxygen atoms in total. The summed E-state index contributed by atoms with van der Waals surface area (Å²) in [5.41, 5.74) is 14.0. The van der Waals surface area contributed by atoms with E-state index in [-0.39, 0.29) is 0 Å². The van der Waals surface area contributed by atoms with E-state index in [2.05, 4.69) is 182 Å². The second-order valence-corrected chi connectivity index (χ2v) is 13.2. The first-order valence-corrected chi connectivity index (χ1v) is 17.5. The molecule has 9 aromatic carbocycles. The molecule has 51 heavy (non-hydrogen) atoms. The molecule has 0 saturated heterocycles. The fourth-order valence-electron chi connectivity index (χ4n) is 8.00. The third kappa shape index (κ3) is 4.86. The maximum atomic E-state index is 6.20. The van der Waals surface area contributed by atoms with Crippen molar-refractivity contribution in [3.8, 4) is 55.6 Å². The lowest BCUT2D eigenvalue weighted by molar-refractivity contribution is 0.669. The van der Waals surface area contributed by atoms with E-state index in [0.29, 0.717) is 0 Å². The lowest BCUT2D eigenvalue weighted by Crippen LogP contribution is -1.94. The van der Waals surface area contributed by atoms with Crippen molar-refractivity contribution < 1.29 is 4.42 Å². The molecule has 0 amide bonds. The number of benzene rings is 9. The van der Waals surface area contributed by atoms with Gasteiger partial charge in [-0.25, -0.2) is 0 Å². The molecule has 0 bridgehead atoms. The highest BCUT2D eigenvalue weighted by atomic mass is 16.3. The van der Waals surface area contributed by atoms with Crippen LogP contribution in [0.1, 0.15) is 0 Å². The molecule has 0 spiro atoms. The molecular formula is C50H32O. The Balaban J connectivity index is 1.22. The van der Waals surface area contributed by atoms with Crippen LogP contribution in [0.15, 0.2) is 199 Å². The van der Waals surface area contributed by atoms with Crippen molar-refractivity contribution in [3.05, 3.63) is 194 Å². The Morgan fingerprint density at radius 1 is 0.235 bits per heavy atom. The average molecular weight is 649 g/mol. The van der Waals surface area contributed by atoms with Crippen LogP contribution < -0.4 is 0 Å². The largest absolute Gasteiger partial charge is 0.456 e. The van der Waals surface area contributed by atoms with Gasteiger partial charge in [0.25, 0.3) is 0 Å². The summed E-state index contributed by atoms with van der Waals surface area (Å²) in [4.78, 5) is 0. The van der Waals surface area contributed by atoms with Crippen LogP contribution >= 0.6 is 0 Å². The van der Waals surface area contributed by atoms with E-state index < -0.39 is 0 Å². The Hall–Kier alpha value is -6.70. The summed E-state index contributed by atoms with van der Waals surface area (Å²) in [6.07, 6.45) is 0. The standard InChI is InChI=1S/C50H32O/c1-2-15-33(16-3-1)34-17-14-18-35(31-34)37-19-4-6-22-40(37)49-42-24-8-10-26-44(42)50(45-27-11-9-25-43(45)49)41-23-7-5-20-38(41)36-29-30-48-46(32-36)39-21-12-13-28-47(39)51-48/h1-32H. The van der Waals surface area contributed by atoms with E-state index in [1.165, 1.54) is 77.2 Å². The minimum absolute atomic E-state index is 0.908. The van der Waals surface area contributed by atoms with E-state index in [9.17, 15) is 0 Å². The van der Waals surface area contributed by atoms with E-state index in [1.54, 1.807) is 0 Å². The van der Waals surface area contributed by atoms with Gasteiger partial charge in [0.05, 0.1) is 0 Å². The molecule has 10 rings (SSSR count). The summed E-state index contributed by atoms with van der Waals surface area (Å²) in [5.74, 6) is 0. The van der Waals surface area contributed by atoms with Crippen molar-refractivity contribution in [2.24, 2.45) is 0 Å². The molecule has 0 N–H and O–H groups in total. The van der Waals surface area contributed by atoms with Crippen LogP contribution in [0.5, 0.6) is 0 Å². The van der Waals surface area contributed by atoms with E-state index >= 15 is 0 Å². The van der Waals surface area contributed by atoms with Gasteiger partial charge >= 0.3 is 0 Å². The molecule has 0 aliphatic rings. The Morgan fingerprint density at radius 3 is 1.27 bits per heavy atom. The smallest absolute Gasteiger partial charge is 0.135 e. The van der Waals surface area contributed by atoms with E-state index in [0.717, 1.165) is 21.9 Å². The first kappa shape index (κ1) is 29.2. The third-order valence-corrected chi connectivity index (χ3v) is 10.3. The fraction of sp³-hybridized carbons (Fsp3) is 0. The van der Waals surface area contributed by atoms with Crippen molar-refractivity contribution in [1.82, 2.24) is 0 Å². The highest BCUT2D eigenvalue weighted by Crippen LogP contribution is 2.48. The van der Waals surface area contributed by atoms with Crippen molar-refractivity contribution >= 4 is 43.5 Å². The van der Waals surface area contributed by atoms with Crippen molar-refractivity contribution in [2.45, 2.75) is 0 Å². The summed E-state index contributed by atoms with van der Waals surface area (Å²) < 4.78 is 6.20. The monoisotopic (exact) mass is 648 g/mol. The van der Waals surface area contributed by atoms with Gasteiger partial charge in [-0.1, -0.05) is 170 Å². The summed E-state index contributed by atoms with van der Waals surface area (Å²) in [6.45, 7) is 0. The van der Waals surface area contributed by atoms with Gasteiger partial charge in [0.15, 0.2) is 0 Å². The zero-order valence-corrected chi connectivity index (χ0v) is 27.9. The number of hydrogen-bond donors (Lipinski definition) is 0. The number of hydrogen-bond acceptors (Lipinski definition) is 1. The molecule has 0 unspecified atom stereocenters. The van der Waals surface area contributed by atoms with Crippen LogP contribution in [0.25, 0.3) is 99.1 Å². The van der Waals surface area contributed by atoms with Gasteiger partial charge in [-0.3, -0.25) is 0 Å². The zero-order valence-electron chi connectivity index (χ0n) is 27.9. The SMILES string of the molecule is c1ccc(-c2cccc(-c3ccccc3-c3c4ccccc4c(-c4ccccc4-c4ccc5oc6ccccc6c5c4)c4ccccc34)c2)cc1. The number of fused-ring (bicyclic) bond motifs is 5. The zero-order chi connectivity index (χ0) is 33.7. The second-order valence-electron chi connectivity index (χ2n) is 13.2. The van der Waals surface area contributed by atoms with Crippen LogP contribution in [0.3, 0.4) is 0 Å². The Bertz CT molecular complexity index is 2850. The highest BCUT2D eigenvalue weighted by molar-refractivity contribution is 6.23. The van der Waals surface area contributed by atoms with Gasteiger partial charge in [0, 0.05) is 10.8 Å². The predicted octanol–water partition coefficient (Wildman–Crippen LogP) is 14.2. The Labute approximate surface area is 296 Å². The molecule has 1 heteroatoms. The molecule has 10 aromatic rings. The molecular weight excluding hydrogens is 617 g/mol. The van der Waals surface area contributed by atoms with Crippen molar-refractivity contribution in [1.29, 1.82) is 0 Å². The van der Waals surface area contributed by atoms with Crippen LogP contribution in [0.2, 0.25) is 0 Å². The van der Waals surface area contributed by atoms with Gasteiger partial charge in [-0.2, -0.15) is 0 Å². The van der Waals surface area contributed by atoms with Crippen molar-refractivity contribution in [2.75, 3.05) is 0 Å². The van der Waals surface area contributed by atoms with E-state index in [1.807, 2.05) is 12.1 Å². The lowest BCUT2D eigenvalue weighted by Gasteiger charge is -2.21. The Kier molecular flexibility index (Phi) is 6.89. The molecule has 0 atom stereocenters. The molecule has 0 aliphatic carbocycles. The van der Waals surface area contributed by atoms with Gasteiger partial charge in [0.1, 0.15) is 11.2 Å². The molecule has 238 valence electrons. The van der Waals surface area contributed by atoms with Gasteiger partial charge in [-0.15, -0.1) is 0 Å². The number of para-hydroxylation sites is 1. The average Bonchev–Trinajstić information content (AvgIpc) is 3.58. The van der Waals surface area contributed by atoms with Crippen LogP contribution in [0, 0.1) is 0 Å². The normalized spacial score (nSPS) is 11.5. The minimum atomic E-state index is 0.908. The maximum Gasteiger partial charge on any atom is 0.135 e. The fourth-order valence-corrected chi connectivity index (χ4v) is 8.00.